The van der Waals surface area contributed by atoms with E-state index in [1.54, 1.807) is 6.21 Å². The molecule has 0 bridgehead atoms. The van der Waals surface area contributed by atoms with Crippen LogP contribution in [0.25, 0.3) is 0 Å². The second-order valence-corrected chi connectivity index (χ2v) is 6.11. The Kier molecular flexibility index (Phi) is 7.27. The molecule has 0 aliphatic heterocycles. The smallest absolute Gasteiger partial charge is 0.126 e. The molecule has 4 nitrogen and oxygen atoms in total. The number of ether oxygens (including phenoxy) is 2. The normalized spacial score (nSPS) is 12.5. The van der Waals surface area contributed by atoms with Crippen molar-refractivity contribution < 1.29 is 14.3 Å². The second kappa shape index (κ2) is 9.66. The van der Waals surface area contributed by atoms with Crippen molar-refractivity contribution in [2.45, 2.75) is 33.8 Å². The van der Waals surface area contributed by atoms with E-state index >= 15 is 0 Å². The van der Waals surface area contributed by atoms with Gasteiger partial charge >= 0.3 is 0 Å². The maximum atomic E-state index is 6.24. The Labute approximate surface area is 156 Å². The average Bonchev–Trinajstić information content (AvgIpc) is 2.63. The van der Waals surface area contributed by atoms with Crippen LogP contribution in [-0.2, 0) is 4.84 Å². The Morgan fingerprint density at radius 3 is 2.31 bits per heavy atom. The monoisotopic (exact) mass is 353 g/mol. The summed E-state index contributed by atoms with van der Waals surface area (Å²) < 4.78 is 12.0. The molecule has 1 atom stereocenters. The molecule has 0 spiro atoms. The van der Waals surface area contributed by atoms with Gasteiger partial charge in [0.25, 0.3) is 0 Å². The van der Waals surface area contributed by atoms with E-state index in [9.17, 15) is 0 Å². The summed E-state index contributed by atoms with van der Waals surface area (Å²) in [6.07, 6.45) is 5.58. The number of hydrogen-bond acceptors (Lipinski definition) is 4. The Balaban J connectivity index is 2.10. The molecule has 0 aliphatic carbocycles. The Bertz CT molecular complexity index is 740. The van der Waals surface area contributed by atoms with Crippen molar-refractivity contribution >= 4 is 6.21 Å². The van der Waals surface area contributed by atoms with Crippen molar-refractivity contribution in [3.8, 4) is 11.5 Å². The van der Waals surface area contributed by atoms with Crippen LogP contribution in [0.4, 0.5) is 0 Å². The Morgan fingerprint density at radius 1 is 1.08 bits per heavy atom. The SMILES string of the molecule is C/C=C/COc1cc(C)c(OC(C)c2ccc(/C=N\OC)cc2)c(C)c1. The van der Waals surface area contributed by atoms with Gasteiger partial charge in [-0.15, -0.1) is 0 Å². The number of hydrogen-bond donors (Lipinski definition) is 0. The van der Waals surface area contributed by atoms with Crippen LogP contribution in [0, 0.1) is 13.8 Å². The van der Waals surface area contributed by atoms with E-state index in [1.807, 2.05) is 76.2 Å². The summed E-state index contributed by atoms with van der Waals surface area (Å²) in [5.41, 5.74) is 4.22. The molecule has 0 aromatic heterocycles. The van der Waals surface area contributed by atoms with Crippen molar-refractivity contribution in [2.75, 3.05) is 13.7 Å². The van der Waals surface area contributed by atoms with Crippen LogP contribution in [0.2, 0.25) is 0 Å². The maximum Gasteiger partial charge on any atom is 0.126 e. The fraction of sp³-hybridized carbons (Fsp3) is 0.318. The first-order valence-corrected chi connectivity index (χ1v) is 8.73. The molecule has 0 heterocycles. The number of rotatable bonds is 8. The fourth-order valence-electron chi connectivity index (χ4n) is 2.63. The van der Waals surface area contributed by atoms with Gasteiger partial charge in [-0.1, -0.05) is 41.6 Å². The second-order valence-electron chi connectivity index (χ2n) is 6.11. The molecule has 0 N–H and O–H groups in total. The first-order chi connectivity index (χ1) is 12.5. The summed E-state index contributed by atoms with van der Waals surface area (Å²) in [6, 6.07) is 12.1. The van der Waals surface area contributed by atoms with Gasteiger partial charge in [0, 0.05) is 0 Å². The van der Waals surface area contributed by atoms with Gasteiger partial charge in [0.15, 0.2) is 0 Å². The molecule has 2 aromatic rings. The highest BCUT2D eigenvalue weighted by atomic mass is 16.6. The van der Waals surface area contributed by atoms with Gasteiger partial charge < -0.3 is 14.3 Å². The van der Waals surface area contributed by atoms with E-state index in [-0.39, 0.29) is 6.10 Å². The summed E-state index contributed by atoms with van der Waals surface area (Å²) in [5.74, 6) is 1.76. The molecular formula is C22H27NO3. The number of benzene rings is 2. The zero-order valence-corrected chi connectivity index (χ0v) is 16.2. The Hall–Kier alpha value is -2.75. The predicted molar refractivity (Wildman–Crippen MR) is 106 cm³/mol. The predicted octanol–water partition coefficient (Wildman–Crippen LogP) is 5.38. The summed E-state index contributed by atoms with van der Waals surface area (Å²) in [7, 11) is 1.53. The third kappa shape index (κ3) is 5.38. The molecule has 2 rings (SSSR count). The van der Waals surface area contributed by atoms with Crippen LogP contribution < -0.4 is 9.47 Å². The number of aryl methyl sites for hydroxylation is 2. The minimum atomic E-state index is -0.0596. The molecule has 0 saturated heterocycles. The Morgan fingerprint density at radius 2 is 1.73 bits per heavy atom. The van der Waals surface area contributed by atoms with E-state index < -0.39 is 0 Å². The summed E-state index contributed by atoms with van der Waals surface area (Å²) in [4.78, 5) is 4.70. The topological polar surface area (TPSA) is 40.0 Å². The van der Waals surface area contributed by atoms with Crippen molar-refractivity contribution in [1.29, 1.82) is 0 Å². The minimum Gasteiger partial charge on any atom is -0.490 e. The molecule has 26 heavy (non-hydrogen) atoms. The molecular weight excluding hydrogens is 326 g/mol. The van der Waals surface area contributed by atoms with E-state index in [0.717, 1.165) is 33.8 Å². The number of nitrogens with zero attached hydrogens (tertiary/aromatic N) is 1. The lowest BCUT2D eigenvalue weighted by atomic mass is 10.1. The number of allylic oxidation sites excluding steroid dienone is 1. The fourth-order valence-corrected chi connectivity index (χ4v) is 2.63. The van der Waals surface area contributed by atoms with Crippen LogP contribution in [0.5, 0.6) is 11.5 Å². The van der Waals surface area contributed by atoms with Crippen LogP contribution in [0.15, 0.2) is 53.7 Å². The van der Waals surface area contributed by atoms with Gasteiger partial charge in [-0.2, -0.15) is 0 Å². The quantitative estimate of drug-likeness (QED) is 0.363. The van der Waals surface area contributed by atoms with Gasteiger partial charge in [0.2, 0.25) is 0 Å². The summed E-state index contributed by atoms with van der Waals surface area (Å²) in [5, 5.41) is 3.77. The lowest BCUT2D eigenvalue weighted by Gasteiger charge is -2.20. The highest BCUT2D eigenvalue weighted by Gasteiger charge is 2.13. The third-order valence-electron chi connectivity index (χ3n) is 4.02. The lowest BCUT2D eigenvalue weighted by Crippen LogP contribution is -2.06. The standard InChI is InChI=1S/C22H27NO3/c1-6-7-12-25-21-13-16(2)22(17(3)14-21)26-18(4)20-10-8-19(9-11-20)15-23-24-5/h6-11,13-15,18H,12H2,1-5H3/b7-6+,23-15-. The van der Waals surface area contributed by atoms with Gasteiger partial charge in [0.05, 0.1) is 6.21 Å². The van der Waals surface area contributed by atoms with Gasteiger partial charge in [-0.25, -0.2) is 0 Å². The molecule has 4 heteroatoms. The van der Waals surface area contributed by atoms with Crippen molar-refractivity contribution in [1.82, 2.24) is 0 Å². The largest absolute Gasteiger partial charge is 0.490 e. The van der Waals surface area contributed by atoms with Crippen LogP contribution in [0.1, 0.15) is 42.2 Å². The zero-order chi connectivity index (χ0) is 18.9. The van der Waals surface area contributed by atoms with Crippen LogP contribution in [0.3, 0.4) is 0 Å². The minimum absolute atomic E-state index is 0.0596. The molecule has 0 saturated carbocycles. The lowest BCUT2D eigenvalue weighted by molar-refractivity contribution is 0.215. The van der Waals surface area contributed by atoms with Crippen LogP contribution in [-0.4, -0.2) is 19.9 Å². The van der Waals surface area contributed by atoms with Gasteiger partial charge in [0.1, 0.15) is 31.3 Å². The molecule has 138 valence electrons. The van der Waals surface area contributed by atoms with Gasteiger partial charge in [-0.05, 0) is 62.1 Å². The number of oxime groups is 1. The molecule has 0 aliphatic rings. The molecule has 0 radical (unpaired) electrons. The zero-order valence-electron chi connectivity index (χ0n) is 16.2. The molecule has 0 fully saturated rings. The van der Waals surface area contributed by atoms with E-state index in [1.165, 1.54) is 7.11 Å². The summed E-state index contributed by atoms with van der Waals surface area (Å²) in [6.45, 7) is 8.69. The summed E-state index contributed by atoms with van der Waals surface area (Å²) >= 11 is 0. The molecule has 1 unspecified atom stereocenters. The first-order valence-electron chi connectivity index (χ1n) is 8.73. The average molecular weight is 353 g/mol. The molecule has 0 amide bonds. The van der Waals surface area contributed by atoms with E-state index in [4.69, 9.17) is 14.3 Å². The first kappa shape index (κ1) is 19.6. The highest BCUT2D eigenvalue weighted by molar-refractivity contribution is 5.79. The third-order valence-corrected chi connectivity index (χ3v) is 4.02. The van der Waals surface area contributed by atoms with Crippen molar-refractivity contribution in [3.05, 3.63) is 70.8 Å². The van der Waals surface area contributed by atoms with Crippen LogP contribution >= 0.6 is 0 Å². The highest BCUT2D eigenvalue weighted by Crippen LogP contribution is 2.32. The maximum absolute atomic E-state index is 6.24. The van der Waals surface area contributed by atoms with Crippen molar-refractivity contribution in [3.63, 3.8) is 0 Å². The van der Waals surface area contributed by atoms with E-state index in [0.29, 0.717) is 6.61 Å². The van der Waals surface area contributed by atoms with Crippen molar-refractivity contribution in [2.24, 2.45) is 5.16 Å². The van der Waals surface area contributed by atoms with E-state index in [2.05, 4.69) is 5.16 Å². The molecule has 2 aromatic carbocycles. The van der Waals surface area contributed by atoms with Gasteiger partial charge in [-0.3, -0.25) is 0 Å².